The molecule has 17 heavy (non-hydrogen) atoms. The molecule has 1 heterocycles. The van der Waals surface area contributed by atoms with Gasteiger partial charge in [0.05, 0.1) is 11.3 Å². The number of carboxylic acid groups (broad SMARTS) is 1. The summed E-state index contributed by atoms with van der Waals surface area (Å²) in [6, 6.07) is 4.64. The summed E-state index contributed by atoms with van der Waals surface area (Å²) in [5.74, 6) is -1.83. The second-order valence-electron chi connectivity index (χ2n) is 3.95. The van der Waals surface area contributed by atoms with Gasteiger partial charge in [0.25, 0.3) is 0 Å². The first kappa shape index (κ1) is 11.3. The molecule has 5 nitrogen and oxygen atoms in total. The van der Waals surface area contributed by atoms with Crippen molar-refractivity contribution in [2.75, 3.05) is 4.90 Å². The first-order valence-corrected chi connectivity index (χ1v) is 5.20. The Labute approximate surface area is 97.7 Å². The number of carbonyl (C=O) groups excluding carboxylic acids is 2. The van der Waals surface area contributed by atoms with E-state index in [1.807, 2.05) is 0 Å². The monoisotopic (exact) mass is 233 g/mol. The van der Waals surface area contributed by atoms with E-state index in [0.717, 1.165) is 10.5 Å². The van der Waals surface area contributed by atoms with Gasteiger partial charge in [0.1, 0.15) is 0 Å². The lowest BCUT2D eigenvalue weighted by Gasteiger charge is -2.16. The fourth-order valence-electron chi connectivity index (χ4n) is 1.86. The van der Waals surface area contributed by atoms with E-state index in [9.17, 15) is 14.4 Å². The van der Waals surface area contributed by atoms with Crippen LogP contribution < -0.4 is 4.90 Å². The van der Waals surface area contributed by atoms with Crippen LogP contribution in [0, 0.1) is 6.92 Å². The van der Waals surface area contributed by atoms with Crippen LogP contribution in [-0.4, -0.2) is 22.9 Å². The van der Waals surface area contributed by atoms with Gasteiger partial charge in [-0.25, -0.2) is 9.69 Å². The van der Waals surface area contributed by atoms with Crippen molar-refractivity contribution in [1.29, 1.82) is 0 Å². The topological polar surface area (TPSA) is 74.7 Å². The van der Waals surface area contributed by atoms with Crippen LogP contribution in [0.2, 0.25) is 0 Å². The standard InChI is InChI=1S/C12H11NO4/c1-7-2-3-9(8(6-7)12(16)17)13-10(14)4-5-11(13)15/h2-3,6H,4-5H2,1H3,(H,16,17). The van der Waals surface area contributed by atoms with Gasteiger partial charge >= 0.3 is 5.97 Å². The second kappa shape index (κ2) is 4.01. The van der Waals surface area contributed by atoms with Gasteiger partial charge in [-0.15, -0.1) is 0 Å². The number of benzene rings is 1. The number of carbonyl (C=O) groups is 3. The number of carboxylic acids is 1. The molecule has 1 saturated heterocycles. The van der Waals surface area contributed by atoms with E-state index in [4.69, 9.17) is 5.11 Å². The Morgan fingerprint density at radius 3 is 2.35 bits per heavy atom. The average molecular weight is 233 g/mol. The first-order chi connectivity index (χ1) is 8.00. The van der Waals surface area contributed by atoms with Crippen molar-refractivity contribution in [3.63, 3.8) is 0 Å². The maximum Gasteiger partial charge on any atom is 0.337 e. The highest BCUT2D eigenvalue weighted by molar-refractivity contribution is 6.21. The molecule has 2 amide bonds. The zero-order chi connectivity index (χ0) is 12.6. The molecule has 1 N–H and O–H groups in total. The number of hydrogen-bond acceptors (Lipinski definition) is 3. The SMILES string of the molecule is Cc1ccc(N2C(=O)CCC2=O)c(C(=O)O)c1. The van der Waals surface area contributed by atoms with Crippen molar-refractivity contribution in [3.05, 3.63) is 29.3 Å². The van der Waals surface area contributed by atoms with E-state index in [1.165, 1.54) is 12.1 Å². The number of nitrogens with zero attached hydrogens (tertiary/aromatic N) is 1. The molecule has 0 bridgehead atoms. The van der Waals surface area contributed by atoms with Crippen molar-refractivity contribution in [2.45, 2.75) is 19.8 Å². The van der Waals surface area contributed by atoms with Gasteiger partial charge in [-0.3, -0.25) is 9.59 Å². The van der Waals surface area contributed by atoms with Crippen molar-refractivity contribution >= 4 is 23.5 Å². The summed E-state index contributed by atoms with van der Waals surface area (Å²) in [6.07, 6.45) is 0.289. The molecule has 0 spiro atoms. The molecule has 1 aromatic rings. The smallest absolute Gasteiger partial charge is 0.337 e. The quantitative estimate of drug-likeness (QED) is 0.782. The van der Waals surface area contributed by atoms with Gasteiger partial charge in [0.15, 0.2) is 0 Å². The minimum atomic E-state index is -1.14. The fraction of sp³-hybridized carbons (Fsp3) is 0.250. The first-order valence-electron chi connectivity index (χ1n) is 5.20. The van der Waals surface area contributed by atoms with Gasteiger partial charge < -0.3 is 5.11 Å². The van der Waals surface area contributed by atoms with E-state index in [-0.39, 0.29) is 35.9 Å². The van der Waals surface area contributed by atoms with E-state index >= 15 is 0 Å². The lowest BCUT2D eigenvalue weighted by Crippen LogP contribution is -2.30. The maximum absolute atomic E-state index is 11.6. The zero-order valence-corrected chi connectivity index (χ0v) is 9.27. The lowest BCUT2D eigenvalue weighted by atomic mass is 10.1. The van der Waals surface area contributed by atoms with Gasteiger partial charge in [-0.1, -0.05) is 11.6 Å². The normalized spacial score (nSPS) is 15.5. The van der Waals surface area contributed by atoms with Crippen LogP contribution in [0.4, 0.5) is 5.69 Å². The molecule has 5 heteroatoms. The lowest BCUT2D eigenvalue weighted by molar-refractivity contribution is -0.121. The zero-order valence-electron chi connectivity index (χ0n) is 9.27. The summed E-state index contributed by atoms with van der Waals surface area (Å²) in [6.45, 7) is 1.75. The molecule has 0 radical (unpaired) electrons. The Bertz CT molecular complexity index is 505. The Morgan fingerprint density at radius 1 is 1.24 bits per heavy atom. The number of amides is 2. The highest BCUT2D eigenvalue weighted by Crippen LogP contribution is 2.27. The molecule has 1 fully saturated rings. The maximum atomic E-state index is 11.6. The number of aromatic carboxylic acids is 1. The highest BCUT2D eigenvalue weighted by atomic mass is 16.4. The van der Waals surface area contributed by atoms with Gasteiger partial charge in [0, 0.05) is 12.8 Å². The van der Waals surface area contributed by atoms with Crippen LogP contribution in [0.5, 0.6) is 0 Å². The van der Waals surface area contributed by atoms with Crippen molar-refractivity contribution < 1.29 is 19.5 Å². The number of hydrogen-bond donors (Lipinski definition) is 1. The number of rotatable bonds is 2. The minimum Gasteiger partial charge on any atom is -0.478 e. The minimum absolute atomic E-state index is 0.0198. The van der Waals surface area contributed by atoms with Crippen LogP contribution >= 0.6 is 0 Å². The van der Waals surface area contributed by atoms with E-state index in [2.05, 4.69) is 0 Å². The van der Waals surface area contributed by atoms with Crippen LogP contribution in [0.25, 0.3) is 0 Å². The highest BCUT2D eigenvalue weighted by Gasteiger charge is 2.32. The fourth-order valence-corrected chi connectivity index (χ4v) is 1.86. The summed E-state index contributed by atoms with van der Waals surface area (Å²) < 4.78 is 0. The largest absolute Gasteiger partial charge is 0.478 e. The molecule has 88 valence electrons. The van der Waals surface area contributed by atoms with Crippen molar-refractivity contribution in [1.82, 2.24) is 0 Å². The molecule has 1 aliphatic rings. The van der Waals surface area contributed by atoms with Crippen LogP contribution in [0.1, 0.15) is 28.8 Å². The van der Waals surface area contributed by atoms with Crippen molar-refractivity contribution in [2.24, 2.45) is 0 Å². The molecule has 1 aliphatic heterocycles. The van der Waals surface area contributed by atoms with Crippen LogP contribution in [0.3, 0.4) is 0 Å². The third-order valence-electron chi connectivity index (χ3n) is 2.67. The summed E-state index contributed by atoms with van der Waals surface area (Å²) in [4.78, 5) is 35.2. The molecular weight excluding hydrogens is 222 g/mol. The molecule has 1 aromatic carbocycles. The summed E-state index contributed by atoms with van der Waals surface area (Å²) in [7, 11) is 0. The predicted octanol–water partition coefficient (Wildman–Crippen LogP) is 1.35. The molecule has 0 unspecified atom stereocenters. The third-order valence-corrected chi connectivity index (χ3v) is 2.67. The second-order valence-corrected chi connectivity index (χ2v) is 3.95. The van der Waals surface area contributed by atoms with Gasteiger partial charge in [0.2, 0.25) is 11.8 Å². The van der Waals surface area contributed by atoms with Crippen molar-refractivity contribution in [3.8, 4) is 0 Å². The molecule has 2 rings (SSSR count). The molecule has 0 aliphatic carbocycles. The Kier molecular flexibility index (Phi) is 2.67. The summed E-state index contributed by atoms with van der Waals surface area (Å²) >= 11 is 0. The molecule has 0 aromatic heterocycles. The van der Waals surface area contributed by atoms with Crippen LogP contribution in [0.15, 0.2) is 18.2 Å². The Hall–Kier alpha value is -2.17. The molecule has 0 atom stereocenters. The molecular formula is C12H11NO4. The van der Waals surface area contributed by atoms with Crippen LogP contribution in [-0.2, 0) is 9.59 Å². The predicted molar refractivity (Wildman–Crippen MR) is 59.9 cm³/mol. The average Bonchev–Trinajstić information content (AvgIpc) is 2.59. The van der Waals surface area contributed by atoms with Gasteiger partial charge in [-0.05, 0) is 19.1 Å². The number of imide groups is 1. The third kappa shape index (κ3) is 1.91. The number of anilines is 1. The Morgan fingerprint density at radius 2 is 1.82 bits per heavy atom. The van der Waals surface area contributed by atoms with Gasteiger partial charge in [-0.2, -0.15) is 0 Å². The Balaban J connectivity index is 2.55. The van der Waals surface area contributed by atoms with E-state index < -0.39 is 5.97 Å². The summed E-state index contributed by atoms with van der Waals surface area (Å²) in [5, 5.41) is 9.07. The number of aryl methyl sites for hydroxylation is 1. The summed E-state index contributed by atoms with van der Waals surface area (Å²) in [5.41, 5.74) is 0.912. The van der Waals surface area contributed by atoms with E-state index in [1.54, 1.807) is 13.0 Å². The molecule has 0 saturated carbocycles. The van der Waals surface area contributed by atoms with E-state index in [0.29, 0.717) is 0 Å².